The number of rotatable bonds is 3. The average molecular weight is 271 g/mol. The van der Waals surface area contributed by atoms with Crippen molar-refractivity contribution >= 4 is 0 Å². The van der Waals surface area contributed by atoms with Crippen molar-refractivity contribution in [3.8, 4) is 0 Å². The van der Waals surface area contributed by atoms with Crippen LogP contribution in [0.3, 0.4) is 0 Å². The van der Waals surface area contributed by atoms with Gasteiger partial charge in [-0.1, -0.05) is 30.3 Å². The van der Waals surface area contributed by atoms with Gasteiger partial charge in [-0.3, -0.25) is 4.90 Å². The fourth-order valence-corrected chi connectivity index (χ4v) is 2.73. The second-order valence-corrected chi connectivity index (χ2v) is 5.35. The van der Waals surface area contributed by atoms with Crippen LogP contribution in [0.2, 0.25) is 0 Å². The summed E-state index contributed by atoms with van der Waals surface area (Å²) in [5.74, 6) is -0.155. The molecule has 104 valence electrons. The molecule has 0 unspecified atom stereocenters. The lowest BCUT2D eigenvalue weighted by molar-refractivity contribution is 0.245. The van der Waals surface area contributed by atoms with Gasteiger partial charge < -0.3 is 5.11 Å². The molecule has 0 amide bonds. The Morgan fingerprint density at radius 2 is 1.75 bits per heavy atom. The van der Waals surface area contributed by atoms with E-state index in [1.807, 2.05) is 30.3 Å². The third-order valence-electron chi connectivity index (χ3n) is 3.87. The molecule has 1 aliphatic rings. The molecule has 0 saturated heterocycles. The Balaban J connectivity index is 1.70. The summed E-state index contributed by atoms with van der Waals surface area (Å²) in [5, 5.41) is 9.04. The van der Waals surface area contributed by atoms with Crippen molar-refractivity contribution in [1.29, 1.82) is 0 Å². The topological polar surface area (TPSA) is 23.5 Å². The highest BCUT2D eigenvalue weighted by atomic mass is 19.1. The van der Waals surface area contributed by atoms with Crippen molar-refractivity contribution in [3.63, 3.8) is 0 Å². The molecule has 1 N–H and O–H groups in total. The third kappa shape index (κ3) is 2.89. The van der Waals surface area contributed by atoms with E-state index in [2.05, 4.69) is 4.90 Å². The smallest absolute Gasteiger partial charge is 0.123 e. The first-order chi connectivity index (χ1) is 9.74. The molecule has 0 atom stereocenters. The van der Waals surface area contributed by atoms with Crippen LogP contribution in [0.15, 0.2) is 42.5 Å². The van der Waals surface area contributed by atoms with Crippen LogP contribution in [0, 0.1) is 5.82 Å². The van der Waals surface area contributed by atoms with Crippen LogP contribution in [0.4, 0.5) is 4.39 Å². The van der Waals surface area contributed by atoms with Gasteiger partial charge in [0.25, 0.3) is 0 Å². The maximum absolute atomic E-state index is 13.3. The fourth-order valence-electron chi connectivity index (χ4n) is 2.73. The van der Waals surface area contributed by atoms with Crippen LogP contribution in [0.25, 0.3) is 0 Å². The van der Waals surface area contributed by atoms with Gasteiger partial charge in [0, 0.05) is 19.6 Å². The van der Waals surface area contributed by atoms with E-state index in [-0.39, 0.29) is 12.4 Å². The molecule has 0 aliphatic carbocycles. The van der Waals surface area contributed by atoms with Crippen molar-refractivity contribution in [1.82, 2.24) is 4.90 Å². The molecular weight excluding hydrogens is 253 g/mol. The average Bonchev–Trinajstić information content (AvgIpc) is 2.47. The minimum Gasteiger partial charge on any atom is -0.392 e. The molecule has 2 nitrogen and oxygen atoms in total. The quantitative estimate of drug-likeness (QED) is 0.928. The predicted molar refractivity (Wildman–Crippen MR) is 76.6 cm³/mol. The second-order valence-electron chi connectivity index (χ2n) is 5.35. The van der Waals surface area contributed by atoms with Gasteiger partial charge in [-0.05, 0) is 40.8 Å². The SMILES string of the molecule is OCc1ccc(CN2CCc3ccc(F)cc3C2)cc1. The van der Waals surface area contributed by atoms with Crippen molar-refractivity contribution in [2.24, 2.45) is 0 Å². The standard InChI is InChI=1S/C17H18FNO/c18-17-6-5-15-7-8-19(11-16(15)9-17)10-13-1-3-14(12-20)4-2-13/h1-6,9,20H,7-8,10-12H2. The summed E-state index contributed by atoms with van der Waals surface area (Å²) < 4.78 is 13.3. The Morgan fingerprint density at radius 3 is 2.50 bits per heavy atom. The van der Waals surface area contributed by atoms with Gasteiger partial charge >= 0.3 is 0 Å². The maximum Gasteiger partial charge on any atom is 0.123 e. The van der Waals surface area contributed by atoms with Gasteiger partial charge in [0.2, 0.25) is 0 Å². The molecule has 1 aliphatic heterocycles. The Kier molecular flexibility index (Phi) is 3.81. The zero-order chi connectivity index (χ0) is 13.9. The van der Waals surface area contributed by atoms with Gasteiger partial charge in [-0.25, -0.2) is 4.39 Å². The Hall–Kier alpha value is -1.71. The summed E-state index contributed by atoms with van der Waals surface area (Å²) in [5.41, 5.74) is 4.52. The molecule has 2 aromatic rings. The van der Waals surface area contributed by atoms with Crippen LogP contribution >= 0.6 is 0 Å². The van der Waals surface area contributed by atoms with E-state index in [4.69, 9.17) is 5.11 Å². The molecule has 0 radical (unpaired) electrons. The van der Waals surface area contributed by atoms with Crippen molar-refractivity contribution in [2.75, 3.05) is 6.54 Å². The van der Waals surface area contributed by atoms with Gasteiger partial charge in [-0.2, -0.15) is 0 Å². The maximum atomic E-state index is 13.3. The molecule has 20 heavy (non-hydrogen) atoms. The van der Waals surface area contributed by atoms with Crippen LogP contribution < -0.4 is 0 Å². The van der Waals surface area contributed by atoms with E-state index in [9.17, 15) is 4.39 Å². The number of nitrogens with zero attached hydrogens (tertiary/aromatic N) is 1. The zero-order valence-electron chi connectivity index (χ0n) is 11.3. The third-order valence-corrected chi connectivity index (χ3v) is 3.87. The summed E-state index contributed by atoms with van der Waals surface area (Å²) >= 11 is 0. The zero-order valence-corrected chi connectivity index (χ0v) is 11.3. The molecule has 2 aromatic carbocycles. The van der Waals surface area contributed by atoms with Crippen molar-refractivity contribution < 1.29 is 9.50 Å². The highest BCUT2D eigenvalue weighted by Gasteiger charge is 2.16. The van der Waals surface area contributed by atoms with Crippen LogP contribution in [-0.2, 0) is 26.1 Å². The van der Waals surface area contributed by atoms with E-state index < -0.39 is 0 Å². The lowest BCUT2D eigenvalue weighted by Crippen LogP contribution is -2.30. The lowest BCUT2D eigenvalue weighted by atomic mass is 9.99. The molecule has 0 fully saturated rings. The first kappa shape index (κ1) is 13.3. The number of fused-ring (bicyclic) bond motifs is 1. The minimum absolute atomic E-state index is 0.0800. The fraction of sp³-hybridized carbons (Fsp3) is 0.294. The van der Waals surface area contributed by atoms with Crippen molar-refractivity contribution in [3.05, 3.63) is 70.5 Å². The Morgan fingerprint density at radius 1 is 1.00 bits per heavy atom. The number of aliphatic hydroxyl groups is 1. The monoisotopic (exact) mass is 271 g/mol. The largest absolute Gasteiger partial charge is 0.392 e. The number of halogens is 1. The molecule has 0 aromatic heterocycles. The minimum atomic E-state index is -0.155. The molecular formula is C17H18FNO. The molecule has 3 heteroatoms. The first-order valence-electron chi connectivity index (χ1n) is 6.93. The van der Waals surface area contributed by atoms with E-state index in [0.717, 1.165) is 37.2 Å². The van der Waals surface area contributed by atoms with E-state index in [0.29, 0.717) is 0 Å². The normalized spacial score (nSPS) is 15.1. The van der Waals surface area contributed by atoms with Crippen LogP contribution in [0.5, 0.6) is 0 Å². The highest BCUT2D eigenvalue weighted by Crippen LogP contribution is 2.21. The van der Waals surface area contributed by atoms with Crippen LogP contribution in [0.1, 0.15) is 22.3 Å². The second kappa shape index (κ2) is 5.73. The number of aliphatic hydroxyl groups excluding tert-OH is 1. The highest BCUT2D eigenvalue weighted by molar-refractivity contribution is 5.30. The molecule has 0 saturated carbocycles. The summed E-state index contributed by atoms with van der Waals surface area (Å²) in [7, 11) is 0. The lowest BCUT2D eigenvalue weighted by Gasteiger charge is -2.28. The van der Waals surface area contributed by atoms with E-state index in [1.54, 1.807) is 12.1 Å². The molecule has 3 rings (SSSR count). The summed E-state index contributed by atoms with van der Waals surface area (Å²) in [6.07, 6.45) is 0.977. The number of hydrogen-bond donors (Lipinski definition) is 1. The molecule has 1 heterocycles. The summed E-state index contributed by atoms with van der Waals surface area (Å²) in [4.78, 5) is 2.33. The first-order valence-corrected chi connectivity index (χ1v) is 6.93. The van der Waals surface area contributed by atoms with E-state index in [1.165, 1.54) is 11.1 Å². The predicted octanol–water partition coefficient (Wildman–Crippen LogP) is 2.88. The Labute approximate surface area is 118 Å². The van der Waals surface area contributed by atoms with Gasteiger partial charge in [-0.15, -0.1) is 0 Å². The van der Waals surface area contributed by atoms with Crippen molar-refractivity contribution in [2.45, 2.75) is 26.1 Å². The van der Waals surface area contributed by atoms with Crippen LogP contribution in [-0.4, -0.2) is 16.6 Å². The van der Waals surface area contributed by atoms with E-state index >= 15 is 0 Å². The van der Waals surface area contributed by atoms with Gasteiger partial charge in [0.1, 0.15) is 5.82 Å². The summed E-state index contributed by atoms with van der Waals surface area (Å²) in [6.45, 7) is 2.74. The number of benzene rings is 2. The number of hydrogen-bond acceptors (Lipinski definition) is 2. The Bertz CT molecular complexity index is 594. The molecule has 0 bridgehead atoms. The summed E-state index contributed by atoms with van der Waals surface area (Å²) in [6, 6.07) is 13.1. The van der Waals surface area contributed by atoms with Gasteiger partial charge in [0.05, 0.1) is 6.61 Å². The molecule has 0 spiro atoms. The van der Waals surface area contributed by atoms with Gasteiger partial charge in [0.15, 0.2) is 0 Å².